The summed E-state index contributed by atoms with van der Waals surface area (Å²) < 4.78 is 6.83. The normalized spacial score (nSPS) is 13.6. The smallest absolute Gasteiger partial charge is 0.234 e. The Balaban J connectivity index is 2.14. The summed E-state index contributed by atoms with van der Waals surface area (Å²) in [5, 5.41) is 13.7. The van der Waals surface area contributed by atoms with Gasteiger partial charge in [0.1, 0.15) is 5.01 Å². The molecule has 0 aliphatic heterocycles. The Bertz CT molecular complexity index is 506. The van der Waals surface area contributed by atoms with Crippen molar-refractivity contribution >= 4 is 16.3 Å². The van der Waals surface area contributed by atoms with Crippen molar-refractivity contribution in [3.05, 3.63) is 10.8 Å². The van der Waals surface area contributed by atoms with Crippen molar-refractivity contribution in [2.75, 3.05) is 13.7 Å². The lowest BCUT2D eigenvalue weighted by atomic mass is 10.2. The number of fused-ring (bicyclic) bond motifs is 1. The van der Waals surface area contributed by atoms with Gasteiger partial charge < -0.3 is 10.5 Å². The fourth-order valence-electron chi connectivity index (χ4n) is 1.73. The lowest BCUT2D eigenvalue weighted by Gasteiger charge is -2.06. The Morgan fingerprint density at radius 1 is 1.39 bits per heavy atom. The Morgan fingerprint density at radius 2 is 2.17 bits per heavy atom. The summed E-state index contributed by atoms with van der Waals surface area (Å²) >= 11 is 1.51. The number of hydrogen-bond donors (Lipinski definition) is 1. The van der Waals surface area contributed by atoms with E-state index in [9.17, 15) is 0 Å². The molecule has 1 atom stereocenters. The third-order valence-corrected chi connectivity index (χ3v) is 3.76. The van der Waals surface area contributed by atoms with Crippen molar-refractivity contribution in [2.24, 2.45) is 5.73 Å². The predicted octanol–water partition coefficient (Wildman–Crippen LogP) is 1.74. The highest BCUT2D eigenvalue weighted by Crippen LogP contribution is 2.24. The van der Waals surface area contributed by atoms with Crippen LogP contribution in [0.25, 0.3) is 4.96 Å². The number of ether oxygens (including phenoxy) is 1. The van der Waals surface area contributed by atoms with Gasteiger partial charge in [-0.3, -0.25) is 0 Å². The SMILES string of the molecule is COCCCC(N)c1nn2c(C(C)C)nnc2s1. The molecule has 6 nitrogen and oxygen atoms in total. The highest BCUT2D eigenvalue weighted by atomic mass is 32.1. The molecule has 2 heterocycles. The summed E-state index contributed by atoms with van der Waals surface area (Å²) in [6.07, 6.45) is 1.81. The molecule has 0 saturated carbocycles. The van der Waals surface area contributed by atoms with E-state index in [-0.39, 0.29) is 6.04 Å². The minimum absolute atomic E-state index is 0.0492. The first-order valence-corrected chi connectivity index (χ1v) is 6.91. The van der Waals surface area contributed by atoms with Gasteiger partial charge in [-0.1, -0.05) is 25.2 Å². The zero-order chi connectivity index (χ0) is 13.1. The maximum absolute atomic E-state index is 6.12. The van der Waals surface area contributed by atoms with Gasteiger partial charge in [0, 0.05) is 19.6 Å². The number of methoxy groups -OCH3 is 1. The number of nitrogens with zero attached hydrogens (tertiary/aromatic N) is 4. The highest BCUT2D eigenvalue weighted by Gasteiger charge is 2.17. The largest absolute Gasteiger partial charge is 0.385 e. The van der Waals surface area contributed by atoms with Crippen LogP contribution >= 0.6 is 11.3 Å². The molecule has 0 spiro atoms. The molecule has 0 radical (unpaired) electrons. The van der Waals surface area contributed by atoms with Gasteiger partial charge in [-0.15, -0.1) is 10.2 Å². The summed E-state index contributed by atoms with van der Waals surface area (Å²) in [5.74, 6) is 1.19. The maximum Gasteiger partial charge on any atom is 0.234 e. The van der Waals surface area contributed by atoms with Crippen molar-refractivity contribution in [3.63, 3.8) is 0 Å². The van der Waals surface area contributed by atoms with E-state index >= 15 is 0 Å². The maximum atomic E-state index is 6.12. The van der Waals surface area contributed by atoms with Crippen LogP contribution in [0, 0.1) is 0 Å². The minimum atomic E-state index is -0.0492. The Morgan fingerprint density at radius 3 is 2.83 bits per heavy atom. The van der Waals surface area contributed by atoms with Crippen LogP contribution in [0.3, 0.4) is 0 Å². The lowest BCUT2D eigenvalue weighted by molar-refractivity contribution is 0.190. The Labute approximate surface area is 110 Å². The number of hydrogen-bond acceptors (Lipinski definition) is 6. The van der Waals surface area contributed by atoms with Gasteiger partial charge in [0.15, 0.2) is 5.82 Å². The lowest BCUT2D eigenvalue weighted by Crippen LogP contribution is -2.11. The second-order valence-corrected chi connectivity index (χ2v) is 5.58. The summed E-state index contributed by atoms with van der Waals surface area (Å²) in [6, 6.07) is -0.0492. The number of nitrogens with two attached hydrogens (primary N) is 1. The van der Waals surface area contributed by atoms with E-state index in [4.69, 9.17) is 10.5 Å². The first-order chi connectivity index (χ1) is 8.63. The second kappa shape index (κ2) is 5.73. The summed E-state index contributed by atoms with van der Waals surface area (Å²) in [6.45, 7) is 4.89. The quantitative estimate of drug-likeness (QED) is 0.808. The molecule has 0 aliphatic carbocycles. The van der Waals surface area contributed by atoms with Gasteiger partial charge in [-0.25, -0.2) is 0 Å². The van der Waals surface area contributed by atoms with E-state index in [1.807, 2.05) is 0 Å². The molecular weight excluding hydrogens is 250 g/mol. The summed E-state index contributed by atoms with van der Waals surface area (Å²) in [7, 11) is 1.70. The molecule has 2 rings (SSSR count). The minimum Gasteiger partial charge on any atom is -0.385 e. The van der Waals surface area contributed by atoms with E-state index in [1.165, 1.54) is 11.3 Å². The Kier molecular flexibility index (Phi) is 4.26. The molecule has 1 unspecified atom stereocenters. The van der Waals surface area contributed by atoms with E-state index in [1.54, 1.807) is 11.6 Å². The topological polar surface area (TPSA) is 78.3 Å². The molecule has 0 bridgehead atoms. The van der Waals surface area contributed by atoms with Crippen molar-refractivity contribution < 1.29 is 4.74 Å². The van der Waals surface area contributed by atoms with Crippen LogP contribution in [0.4, 0.5) is 0 Å². The van der Waals surface area contributed by atoms with Crippen molar-refractivity contribution in [1.82, 2.24) is 19.8 Å². The van der Waals surface area contributed by atoms with Crippen molar-refractivity contribution in [1.29, 1.82) is 0 Å². The van der Waals surface area contributed by atoms with Crippen LogP contribution in [0.1, 0.15) is 49.5 Å². The average molecular weight is 269 g/mol. The zero-order valence-corrected chi connectivity index (χ0v) is 11.8. The highest BCUT2D eigenvalue weighted by molar-refractivity contribution is 7.16. The molecule has 0 saturated heterocycles. The van der Waals surface area contributed by atoms with Crippen LogP contribution in [-0.4, -0.2) is 33.5 Å². The van der Waals surface area contributed by atoms with Crippen molar-refractivity contribution in [2.45, 2.75) is 38.6 Å². The molecule has 18 heavy (non-hydrogen) atoms. The number of aromatic nitrogens is 4. The standard InChI is InChI=1S/C11H19N5OS/c1-7(2)9-13-14-11-16(9)15-10(18-11)8(12)5-4-6-17-3/h7-8H,4-6,12H2,1-3H3. The first kappa shape index (κ1) is 13.4. The van der Waals surface area contributed by atoms with Gasteiger partial charge >= 0.3 is 0 Å². The molecule has 2 aromatic heterocycles. The summed E-state index contributed by atoms with van der Waals surface area (Å²) in [5.41, 5.74) is 6.12. The second-order valence-electron chi connectivity index (χ2n) is 4.59. The number of rotatable bonds is 6. The van der Waals surface area contributed by atoms with Gasteiger partial charge in [0.2, 0.25) is 4.96 Å². The average Bonchev–Trinajstić information content (AvgIpc) is 2.87. The third-order valence-electron chi connectivity index (χ3n) is 2.73. The first-order valence-electron chi connectivity index (χ1n) is 6.10. The molecule has 0 amide bonds. The van der Waals surface area contributed by atoms with E-state index in [2.05, 4.69) is 29.1 Å². The van der Waals surface area contributed by atoms with E-state index < -0.39 is 0 Å². The molecule has 100 valence electrons. The van der Waals surface area contributed by atoms with Gasteiger partial charge in [-0.05, 0) is 12.8 Å². The van der Waals surface area contributed by atoms with Crippen LogP contribution in [0.2, 0.25) is 0 Å². The van der Waals surface area contributed by atoms with E-state index in [0.29, 0.717) is 5.92 Å². The van der Waals surface area contributed by atoms with Crippen LogP contribution in [0.5, 0.6) is 0 Å². The molecule has 7 heteroatoms. The van der Waals surface area contributed by atoms with Crippen LogP contribution < -0.4 is 5.73 Å². The molecule has 2 N–H and O–H groups in total. The zero-order valence-electron chi connectivity index (χ0n) is 11.0. The van der Waals surface area contributed by atoms with Gasteiger partial charge in [0.25, 0.3) is 0 Å². The molecule has 2 aromatic rings. The van der Waals surface area contributed by atoms with Crippen LogP contribution in [0.15, 0.2) is 0 Å². The van der Waals surface area contributed by atoms with E-state index in [0.717, 1.165) is 35.2 Å². The molecule has 0 aliphatic rings. The fraction of sp³-hybridized carbons (Fsp3) is 0.727. The molecular formula is C11H19N5OS. The Hall–Kier alpha value is -1.05. The fourth-order valence-corrected chi connectivity index (χ4v) is 2.61. The summed E-state index contributed by atoms with van der Waals surface area (Å²) in [4.78, 5) is 0.816. The van der Waals surface area contributed by atoms with Crippen LogP contribution in [-0.2, 0) is 4.74 Å². The van der Waals surface area contributed by atoms with Crippen molar-refractivity contribution in [3.8, 4) is 0 Å². The van der Waals surface area contributed by atoms with Gasteiger partial charge in [0.05, 0.1) is 6.04 Å². The monoisotopic (exact) mass is 269 g/mol. The van der Waals surface area contributed by atoms with Gasteiger partial charge in [-0.2, -0.15) is 9.61 Å². The predicted molar refractivity (Wildman–Crippen MR) is 70.8 cm³/mol. The third kappa shape index (κ3) is 2.68. The molecule has 0 fully saturated rings. The molecule has 0 aromatic carbocycles.